The molecule has 0 aromatic carbocycles. The Morgan fingerprint density at radius 2 is 2.11 bits per heavy atom. The van der Waals surface area contributed by atoms with Crippen molar-refractivity contribution in [1.29, 1.82) is 0 Å². The highest BCUT2D eigenvalue weighted by atomic mass is 16.5. The second-order valence-corrected chi connectivity index (χ2v) is 6.31. The predicted molar refractivity (Wildman–Crippen MR) is 71.1 cm³/mol. The minimum absolute atomic E-state index is 0.120. The summed E-state index contributed by atoms with van der Waals surface area (Å²) < 4.78 is 5.58. The molecule has 1 saturated heterocycles. The van der Waals surface area contributed by atoms with Crippen LogP contribution in [0.3, 0.4) is 0 Å². The topological polar surface area (TPSA) is 55.6 Å². The van der Waals surface area contributed by atoms with E-state index in [1.807, 2.05) is 18.7 Å². The van der Waals surface area contributed by atoms with Gasteiger partial charge in [-0.3, -0.25) is 4.79 Å². The van der Waals surface area contributed by atoms with Crippen molar-refractivity contribution >= 4 is 5.91 Å². The Bertz CT molecular complexity index is 321. The fraction of sp³-hybridized carbons (Fsp3) is 0.929. The lowest BCUT2D eigenvalue weighted by Crippen LogP contribution is -2.62. The van der Waals surface area contributed by atoms with Gasteiger partial charge >= 0.3 is 0 Å². The molecule has 0 spiro atoms. The lowest BCUT2D eigenvalue weighted by Gasteiger charge is -2.44. The Hall–Kier alpha value is -0.610. The number of hydrogen-bond donors (Lipinski definition) is 1. The van der Waals surface area contributed by atoms with Crippen molar-refractivity contribution in [1.82, 2.24) is 4.90 Å². The SMILES string of the molecule is CC1CCCC(N)(C(=O)N2CC(C)OCC2C)C1. The predicted octanol–water partition coefficient (Wildman–Crippen LogP) is 1.53. The third kappa shape index (κ3) is 2.69. The molecular formula is C14H26N2O2. The van der Waals surface area contributed by atoms with Gasteiger partial charge in [0.1, 0.15) is 0 Å². The third-order valence-corrected chi connectivity index (χ3v) is 4.33. The van der Waals surface area contributed by atoms with Crippen molar-refractivity contribution < 1.29 is 9.53 Å². The normalized spacial score (nSPS) is 41.8. The van der Waals surface area contributed by atoms with Gasteiger partial charge in [0, 0.05) is 6.54 Å². The Kier molecular flexibility index (Phi) is 3.97. The van der Waals surface area contributed by atoms with Crippen LogP contribution in [0.15, 0.2) is 0 Å². The summed E-state index contributed by atoms with van der Waals surface area (Å²) in [4.78, 5) is 14.7. The van der Waals surface area contributed by atoms with E-state index in [2.05, 4.69) is 6.92 Å². The van der Waals surface area contributed by atoms with Gasteiger partial charge in [-0.25, -0.2) is 0 Å². The smallest absolute Gasteiger partial charge is 0.243 e. The number of rotatable bonds is 1. The van der Waals surface area contributed by atoms with E-state index in [1.54, 1.807) is 0 Å². The molecule has 0 radical (unpaired) electrons. The summed E-state index contributed by atoms with van der Waals surface area (Å²) in [7, 11) is 0. The standard InChI is InChI=1S/C14H26N2O2/c1-10-5-4-6-14(15,7-10)13(17)16-8-12(3)18-9-11(16)2/h10-12H,4-9,15H2,1-3H3. The largest absolute Gasteiger partial charge is 0.375 e. The van der Waals surface area contributed by atoms with Crippen molar-refractivity contribution in [3.63, 3.8) is 0 Å². The van der Waals surface area contributed by atoms with E-state index < -0.39 is 5.54 Å². The Balaban J connectivity index is 2.09. The molecule has 1 heterocycles. The highest BCUT2D eigenvalue weighted by molar-refractivity contribution is 5.86. The maximum absolute atomic E-state index is 12.7. The number of carbonyl (C=O) groups excluding carboxylic acids is 1. The summed E-state index contributed by atoms with van der Waals surface area (Å²) in [5.41, 5.74) is 5.76. The van der Waals surface area contributed by atoms with Gasteiger partial charge in [0.05, 0.1) is 24.3 Å². The average molecular weight is 254 g/mol. The van der Waals surface area contributed by atoms with Crippen LogP contribution in [0.5, 0.6) is 0 Å². The highest BCUT2D eigenvalue weighted by Gasteiger charge is 2.42. The van der Waals surface area contributed by atoms with Crippen LogP contribution in [0.2, 0.25) is 0 Å². The Labute approximate surface area is 110 Å². The number of hydrogen-bond acceptors (Lipinski definition) is 3. The first-order chi connectivity index (χ1) is 8.42. The van der Waals surface area contributed by atoms with Crippen LogP contribution in [0.1, 0.15) is 46.5 Å². The van der Waals surface area contributed by atoms with E-state index in [0.29, 0.717) is 19.1 Å². The fourth-order valence-electron chi connectivity index (χ4n) is 3.26. The van der Waals surface area contributed by atoms with E-state index in [4.69, 9.17) is 10.5 Å². The molecule has 1 amide bonds. The van der Waals surface area contributed by atoms with Crippen LogP contribution in [0.25, 0.3) is 0 Å². The molecule has 4 heteroatoms. The summed E-state index contributed by atoms with van der Waals surface area (Å²) in [5, 5.41) is 0. The molecule has 2 N–H and O–H groups in total. The van der Waals surface area contributed by atoms with Gasteiger partial charge in [-0.05, 0) is 32.6 Å². The van der Waals surface area contributed by atoms with Gasteiger partial charge < -0.3 is 15.4 Å². The lowest BCUT2D eigenvalue weighted by molar-refractivity contribution is -0.150. The van der Waals surface area contributed by atoms with Crippen LogP contribution in [0.4, 0.5) is 0 Å². The summed E-state index contributed by atoms with van der Waals surface area (Å²) in [6.07, 6.45) is 4.03. The minimum atomic E-state index is -0.636. The quantitative estimate of drug-likeness (QED) is 0.772. The lowest BCUT2D eigenvalue weighted by atomic mass is 9.76. The number of ether oxygens (including phenoxy) is 1. The second-order valence-electron chi connectivity index (χ2n) is 6.31. The van der Waals surface area contributed by atoms with Crippen LogP contribution >= 0.6 is 0 Å². The first-order valence-corrected chi connectivity index (χ1v) is 7.14. The monoisotopic (exact) mass is 254 g/mol. The van der Waals surface area contributed by atoms with Crippen molar-refractivity contribution in [2.24, 2.45) is 11.7 Å². The van der Waals surface area contributed by atoms with Crippen LogP contribution in [0, 0.1) is 5.92 Å². The molecule has 0 aromatic heterocycles. The average Bonchev–Trinajstić information content (AvgIpc) is 2.31. The zero-order valence-corrected chi connectivity index (χ0v) is 11.8. The number of nitrogens with zero attached hydrogens (tertiary/aromatic N) is 1. The molecule has 2 rings (SSSR count). The van der Waals surface area contributed by atoms with E-state index in [1.165, 1.54) is 6.42 Å². The minimum Gasteiger partial charge on any atom is -0.375 e. The molecule has 1 aliphatic carbocycles. The number of amides is 1. The highest BCUT2D eigenvalue weighted by Crippen LogP contribution is 2.32. The second kappa shape index (κ2) is 5.17. The van der Waals surface area contributed by atoms with Crippen LogP contribution < -0.4 is 5.73 Å². The van der Waals surface area contributed by atoms with Gasteiger partial charge in [0.15, 0.2) is 0 Å². The first kappa shape index (κ1) is 13.8. The maximum atomic E-state index is 12.7. The van der Waals surface area contributed by atoms with Gasteiger partial charge in [-0.2, -0.15) is 0 Å². The van der Waals surface area contributed by atoms with E-state index in [9.17, 15) is 4.79 Å². The Morgan fingerprint density at radius 3 is 2.78 bits per heavy atom. The summed E-state index contributed by atoms with van der Waals surface area (Å²) in [5.74, 6) is 0.693. The summed E-state index contributed by atoms with van der Waals surface area (Å²) in [6, 6.07) is 0.145. The van der Waals surface area contributed by atoms with Crippen molar-refractivity contribution in [3.8, 4) is 0 Å². The molecular weight excluding hydrogens is 228 g/mol. The van der Waals surface area contributed by atoms with Crippen molar-refractivity contribution in [2.45, 2.75) is 64.1 Å². The molecule has 4 nitrogen and oxygen atoms in total. The zero-order chi connectivity index (χ0) is 13.3. The van der Waals surface area contributed by atoms with Gasteiger partial charge in [0.25, 0.3) is 0 Å². The summed E-state index contributed by atoms with van der Waals surface area (Å²) in [6.45, 7) is 7.55. The van der Waals surface area contributed by atoms with E-state index in [-0.39, 0.29) is 18.1 Å². The van der Waals surface area contributed by atoms with E-state index in [0.717, 1.165) is 19.3 Å². The van der Waals surface area contributed by atoms with Crippen molar-refractivity contribution in [2.75, 3.05) is 13.2 Å². The third-order valence-electron chi connectivity index (χ3n) is 4.33. The van der Waals surface area contributed by atoms with Gasteiger partial charge in [0.2, 0.25) is 5.91 Å². The maximum Gasteiger partial charge on any atom is 0.243 e. The fourth-order valence-corrected chi connectivity index (χ4v) is 3.26. The molecule has 0 bridgehead atoms. The van der Waals surface area contributed by atoms with Gasteiger partial charge in [-0.1, -0.05) is 19.8 Å². The number of morpholine rings is 1. The molecule has 2 aliphatic rings. The van der Waals surface area contributed by atoms with Crippen molar-refractivity contribution in [3.05, 3.63) is 0 Å². The summed E-state index contributed by atoms with van der Waals surface area (Å²) >= 11 is 0. The molecule has 104 valence electrons. The number of carbonyl (C=O) groups is 1. The molecule has 1 saturated carbocycles. The molecule has 1 aliphatic heterocycles. The Morgan fingerprint density at radius 1 is 1.39 bits per heavy atom. The molecule has 0 aromatic rings. The van der Waals surface area contributed by atoms with Crippen LogP contribution in [-0.2, 0) is 9.53 Å². The zero-order valence-electron chi connectivity index (χ0n) is 11.8. The van der Waals surface area contributed by atoms with E-state index >= 15 is 0 Å². The molecule has 4 atom stereocenters. The first-order valence-electron chi connectivity index (χ1n) is 7.14. The molecule has 2 fully saturated rings. The van der Waals surface area contributed by atoms with Crippen LogP contribution in [-0.4, -0.2) is 41.6 Å². The molecule has 4 unspecified atom stereocenters. The van der Waals surface area contributed by atoms with Gasteiger partial charge in [-0.15, -0.1) is 0 Å². The molecule has 18 heavy (non-hydrogen) atoms. The number of nitrogens with two attached hydrogens (primary N) is 1.